The summed E-state index contributed by atoms with van der Waals surface area (Å²) in [5.74, 6) is 0. The molecule has 0 N–H and O–H groups in total. The largest absolute Gasteiger partial charge is 0.478 e. The first-order valence-electron chi connectivity index (χ1n) is 21.7. The molecular weight excluding hydrogens is 881 g/mol. The molecule has 0 atom stereocenters. The third-order valence-corrected chi connectivity index (χ3v) is 58.7. The van der Waals surface area contributed by atoms with Gasteiger partial charge in [-0.3, -0.25) is 0 Å². The number of fused-ring (bicyclic) bond motifs is 10. The lowest BCUT2D eigenvalue weighted by molar-refractivity contribution is -0.0292. The summed E-state index contributed by atoms with van der Waals surface area (Å²) in [4.78, 5) is 0. The second-order valence-electron chi connectivity index (χ2n) is 15.9. The summed E-state index contributed by atoms with van der Waals surface area (Å²) in [6.45, 7) is 21.2. The summed E-state index contributed by atoms with van der Waals surface area (Å²) in [6.07, 6.45) is 7.12. The maximum atomic E-state index is 7.76. The molecule has 25 heteroatoms. The van der Waals surface area contributed by atoms with Gasteiger partial charge in [-0.1, -0.05) is 133 Å². The molecule has 320 valence electrons. The monoisotopic (exact) mass is 950 g/mol. The summed E-state index contributed by atoms with van der Waals surface area (Å²) in [5, 5.41) is 0. The van der Waals surface area contributed by atoms with E-state index in [1.807, 2.05) is 0 Å². The molecule has 0 aromatic carbocycles. The average Bonchev–Trinajstić information content (AvgIpc) is 3.02. The molecule has 10 bridgehead atoms. The number of hydrogen-bond acceptors (Lipinski definition) is 15. The Bertz CT molecular complexity index is 977. The lowest BCUT2D eigenvalue weighted by atomic mass is 10.6. The van der Waals surface area contributed by atoms with Crippen LogP contribution >= 0.6 is 0 Å². The third kappa shape index (κ3) is 9.21. The Kier molecular flexibility index (Phi) is 14.9. The molecule has 55 heavy (non-hydrogen) atoms. The molecule has 0 saturated carbocycles. The van der Waals surface area contributed by atoms with Crippen molar-refractivity contribution in [2.24, 2.45) is 0 Å². The highest BCUT2D eigenvalue weighted by Gasteiger charge is 2.83. The first kappa shape index (κ1) is 46.1. The second-order valence-corrected chi connectivity index (χ2v) is 46.8. The van der Waals surface area contributed by atoms with Crippen LogP contribution in [0.4, 0.5) is 0 Å². The van der Waals surface area contributed by atoms with E-state index in [-0.39, 0.29) is 0 Å². The van der Waals surface area contributed by atoms with Crippen LogP contribution in [0.25, 0.3) is 0 Å². The highest BCUT2D eigenvalue weighted by atomic mass is 28.6. The molecule has 0 amide bonds. The fourth-order valence-corrected chi connectivity index (χ4v) is 71.8. The molecule has 5 fully saturated rings. The van der Waals surface area contributed by atoms with Crippen LogP contribution in [0.5, 0.6) is 0 Å². The van der Waals surface area contributed by atoms with E-state index in [0.29, 0.717) is 125 Å². The smallest absolute Gasteiger partial charge is 0.373 e. The van der Waals surface area contributed by atoms with E-state index in [2.05, 4.69) is 69.2 Å². The highest BCUT2D eigenvalue weighted by Crippen LogP contribution is 2.55. The normalized spacial score (nSPS) is 46.4. The molecule has 0 spiro atoms. The fourth-order valence-electron chi connectivity index (χ4n) is 8.77. The Labute approximate surface area is 342 Å². The zero-order valence-electron chi connectivity index (χ0n) is 35.3. The van der Waals surface area contributed by atoms with E-state index in [1.165, 1.54) is 0 Å². The molecule has 0 aromatic rings. The predicted molar refractivity (Wildman–Crippen MR) is 225 cm³/mol. The summed E-state index contributed by atoms with van der Waals surface area (Å²) in [7, 11) is -39.3. The van der Waals surface area contributed by atoms with Gasteiger partial charge in [0.05, 0.1) is 0 Å². The number of hydrogen-bond donors (Lipinski definition) is 0. The van der Waals surface area contributed by atoms with Gasteiger partial charge in [0.1, 0.15) is 0 Å². The predicted octanol–water partition coefficient (Wildman–Crippen LogP) is 8.81. The minimum absolute atomic E-state index is 0.473. The first-order valence-corrected chi connectivity index (χ1v) is 41.0. The maximum absolute atomic E-state index is 7.76. The highest BCUT2D eigenvalue weighted by molar-refractivity contribution is 7.04. The van der Waals surface area contributed by atoms with Crippen LogP contribution in [-0.4, -0.2) is 88.0 Å². The Balaban J connectivity index is 1.83. The minimum Gasteiger partial charge on any atom is -0.373 e. The molecular formula is C30H70O15Si10. The van der Waals surface area contributed by atoms with Crippen molar-refractivity contribution in [3.05, 3.63) is 0 Å². The quantitative estimate of drug-likeness (QED) is 0.107. The van der Waals surface area contributed by atoms with Crippen LogP contribution in [0.2, 0.25) is 60.4 Å². The molecule has 0 unspecified atom stereocenters. The van der Waals surface area contributed by atoms with Crippen molar-refractivity contribution >= 4 is 88.0 Å². The summed E-state index contributed by atoms with van der Waals surface area (Å²) in [5.41, 5.74) is 0. The Morgan fingerprint density at radius 3 is 0.291 bits per heavy atom. The first-order chi connectivity index (χ1) is 26.2. The summed E-state index contributed by atoms with van der Waals surface area (Å²) >= 11 is 0. The SMILES string of the molecule is CCC[Si]12O[Si]3(CCC)O[Si]4(CCC)O[Si](CCC)(O1)O[Si]1(CCC)O[Si](CCC)(O4)O[Si]4(CCC)O[Si](CCC)(O[Si](CCC)(O[Si](CCC)(O3)O4)O2)O1. The van der Waals surface area contributed by atoms with Crippen LogP contribution in [0.3, 0.4) is 0 Å². The molecule has 5 rings (SSSR count). The average molecular weight is 952 g/mol. The van der Waals surface area contributed by atoms with Crippen LogP contribution in [0.15, 0.2) is 0 Å². The van der Waals surface area contributed by atoms with Crippen molar-refractivity contribution in [1.82, 2.24) is 0 Å². The zero-order chi connectivity index (χ0) is 39.7. The third-order valence-electron chi connectivity index (χ3n) is 10.2. The molecule has 5 aliphatic rings. The van der Waals surface area contributed by atoms with Gasteiger partial charge in [-0.05, 0) is 0 Å². The van der Waals surface area contributed by atoms with Gasteiger partial charge in [-0.2, -0.15) is 0 Å². The van der Waals surface area contributed by atoms with Gasteiger partial charge >= 0.3 is 88.0 Å². The fraction of sp³-hybridized carbons (Fsp3) is 1.00. The number of rotatable bonds is 20. The van der Waals surface area contributed by atoms with E-state index < -0.39 is 88.0 Å². The van der Waals surface area contributed by atoms with Crippen LogP contribution in [0.1, 0.15) is 133 Å². The van der Waals surface area contributed by atoms with Gasteiger partial charge in [0.2, 0.25) is 0 Å². The van der Waals surface area contributed by atoms with Gasteiger partial charge in [0, 0.05) is 60.4 Å². The van der Waals surface area contributed by atoms with Gasteiger partial charge in [0.25, 0.3) is 0 Å². The van der Waals surface area contributed by atoms with Crippen molar-refractivity contribution in [2.75, 3.05) is 0 Å². The van der Waals surface area contributed by atoms with Crippen molar-refractivity contribution < 1.29 is 61.7 Å². The molecule has 0 radical (unpaired) electrons. The van der Waals surface area contributed by atoms with Gasteiger partial charge < -0.3 is 61.7 Å². The van der Waals surface area contributed by atoms with Crippen molar-refractivity contribution in [1.29, 1.82) is 0 Å². The molecule has 5 heterocycles. The molecule has 0 aromatic heterocycles. The zero-order valence-corrected chi connectivity index (χ0v) is 45.3. The molecule has 5 aliphatic heterocycles. The van der Waals surface area contributed by atoms with Crippen molar-refractivity contribution in [3.63, 3.8) is 0 Å². The standard InChI is InChI=1S/C30H70O15Si10/c1-11-21-46-31-47(22-12-2)38-50(25-15-5)32-48(36-46,23-13-3)40-52(27-17-7)34-54(42-50,29-19-9)45-55(30-20-10)35-53(44-52,28-18-8)41-49(37-46,24-14-4)33-51(39-47,43-55)26-16-6/h11-30H2,1-10H3. The summed E-state index contributed by atoms with van der Waals surface area (Å²) < 4.78 is 116. The lowest BCUT2D eigenvalue weighted by Gasteiger charge is -2.63. The van der Waals surface area contributed by atoms with Gasteiger partial charge in [-0.15, -0.1) is 0 Å². The van der Waals surface area contributed by atoms with Gasteiger partial charge in [0.15, 0.2) is 0 Å². The van der Waals surface area contributed by atoms with Gasteiger partial charge in [-0.25, -0.2) is 0 Å². The van der Waals surface area contributed by atoms with E-state index in [4.69, 9.17) is 61.7 Å². The Hall–Kier alpha value is 1.57. The van der Waals surface area contributed by atoms with E-state index in [1.54, 1.807) is 0 Å². The molecule has 15 nitrogen and oxygen atoms in total. The Morgan fingerprint density at radius 1 is 0.164 bits per heavy atom. The minimum atomic E-state index is -3.93. The Morgan fingerprint density at radius 2 is 0.236 bits per heavy atom. The van der Waals surface area contributed by atoms with Crippen molar-refractivity contribution in [2.45, 2.75) is 194 Å². The van der Waals surface area contributed by atoms with E-state index in [9.17, 15) is 0 Å². The summed E-state index contributed by atoms with van der Waals surface area (Å²) in [6, 6.07) is 4.73. The lowest BCUT2D eigenvalue weighted by Crippen LogP contribution is -2.88. The van der Waals surface area contributed by atoms with Crippen LogP contribution in [-0.2, 0) is 61.7 Å². The van der Waals surface area contributed by atoms with Crippen LogP contribution < -0.4 is 0 Å². The maximum Gasteiger partial charge on any atom is 0.478 e. The van der Waals surface area contributed by atoms with Crippen LogP contribution in [0, 0.1) is 0 Å². The molecule has 0 aliphatic carbocycles. The van der Waals surface area contributed by atoms with E-state index in [0.717, 1.165) is 0 Å². The molecule has 5 saturated heterocycles. The second kappa shape index (κ2) is 17.7. The topological polar surface area (TPSA) is 138 Å². The van der Waals surface area contributed by atoms with Crippen molar-refractivity contribution in [3.8, 4) is 0 Å². The van der Waals surface area contributed by atoms with E-state index >= 15 is 0 Å².